The molecule has 3 rings (SSSR count). The van der Waals surface area contributed by atoms with E-state index in [9.17, 15) is 29.0 Å². The molecule has 0 saturated heterocycles. The van der Waals surface area contributed by atoms with Crippen molar-refractivity contribution in [3.05, 3.63) is 52.7 Å². The van der Waals surface area contributed by atoms with E-state index >= 15 is 0 Å². The maximum Gasteiger partial charge on any atom is 0.573 e. The van der Waals surface area contributed by atoms with Crippen LogP contribution in [0.15, 0.2) is 47.2 Å². The van der Waals surface area contributed by atoms with Crippen LogP contribution in [0.3, 0.4) is 0 Å². The molecular formula is C24H23F3N4O. The van der Waals surface area contributed by atoms with E-state index in [0.717, 1.165) is 18.6 Å². The minimum Gasteiger partial charge on any atom is -0.406 e. The van der Waals surface area contributed by atoms with E-state index in [0.29, 0.717) is 17.6 Å². The van der Waals surface area contributed by atoms with Crippen LogP contribution in [0.25, 0.3) is 0 Å². The van der Waals surface area contributed by atoms with Crippen molar-refractivity contribution in [3.63, 3.8) is 0 Å². The zero-order valence-electron chi connectivity index (χ0n) is 18.0. The molecule has 0 aliphatic heterocycles. The summed E-state index contributed by atoms with van der Waals surface area (Å²) in [5.41, 5.74) is 5.62. The summed E-state index contributed by atoms with van der Waals surface area (Å²) < 4.78 is 41.7. The lowest BCUT2D eigenvalue weighted by molar-refractivity contribution is -0.274. The first-order chi connectivity index (χ1) is 14.9. The van der Waals surface area contributed by atoms with Crippen molar-refractivity contribution in [2.45, 2.75) is 45.9 Å². The number of alkyl halides is 3. The molecule has 1 aromatic carbocycles. The van der Waals surface area contributed by atoms with E-state index in [1.54, 1.807) is 0 Å². The lowest BCUT2D eigenvalue weighted by Gasteiger charge is -2.47. The molecule has 2 N–H and O–H groups in total. The van der Waals surface area contributed by atoms with Gasteiger partial charge in [-0.15, -0.1) is 13.2 Å². The number of nitrogens with two attached hydrogens (primary N) is 1. The number of nitrogens with zero attached hydrogens (tertiary/aromatic N) is 3. The standard InChI is InChI=1S/C24H23F3N4O/c1-22(2,3)15-6-9-17-18(10-15)20(23(12-29,13-30)21(31)19(17)11-28)14-4-7-16(8-5-14)32-24(25,26)27/h4-5,7-9,15,18,20H,6,10,31H2,1-3H3/t15-,18-,20-/m1/s1. The van der Waals surface area contributed by atoms with E-state index in [1.165, 1.54) is 12.1 Å². The number of halogens is 3. The Kier molecular flexibility index (Phi) is 5.75. The molecule has 0 unspecified atom stereocenters. The summed E-state index contributed by atoms with van der Waals surface area (Å²) in [5.74, 6) is -1.28. The Morgan fingerprint density at radius 2 is 1.66 bits per heavy atom. The Balaban J connectivity index is 2.19. The minimum absolute atomic E-state index is 0.0571. The number of nitriles is 3. The van der Waals surface area contributed by atoms with E-state index in [4.69, 9.17) is 5.73 Å². The molecule has 8 heteroatoms. The van der Waals surface area contributed by atoms with E-state index in [1.807, 2.05) is 18.2 Å². The van der Waals surface area contributed by atoms with Crippen LogP contribution < -0.4 is 10.5 Å². The third kappa shape index (κ3) is 3.92. The second-order valence-electron chi connectivity index (χ2n) is 9.33. The topological polar surface area (TPSA) is 107 Å². The molecule has 32 heavy (non-hydrogen) atoms. The molecule has 0 heterocycles. The number of ether oxygens (including phenoxy) is 1. The smallest absolute Gasteiger partial charge is 0.406 e. The van der Waals surface area contributed by atoms with Gasteiger partial charge in [-0.2, -0.15) is 15.8 Å². The molecule has 2 aliphatic carbocycles. The van der Waals surface area contributed by atoms with Gasteiger partial charge in [-0.25, -0.2) is 0 Å². The number of allylic oxidation sites excluding steroid dienone is 4. The van der Waals surface area contributed by atoms with Crippen LogP contribution in [0.2, 0.25) is 0 Å². The van der Waals surface area contributed by atoms with E-state index in [-0.39, 0.29) is 28.5 Å². The van der Waals surface area contributed by atoms with Gasteiger partial charge in [0.2, 0.25) is 0 Å². The zero-order chi connectivity index (χ0) is 23.9. The van der Waals surface area contributed by atoms with Gasteiger partial charge in [-0.05, 0) is 53.4 Å². The van der Waals surface area contributed by atoms with Gasteiger partial charge >= 0.3 is 6.36 Å². The molecular weight excluding hydrogens is 417 g/mol. The fourth-order valence-electron chi connectivity index (χ4n) is 4.85. The number of fused-ring (bicyclic) bond motifs is 1. The third-order valence-electron chi connectivity index (χ3n) is 6.57. The van der Waals surface area contributed by atoms with Crippen LogP contribution in [-0.4, -0.2) is 6.36 Å². The average Bonchev–Trinajstić information content (AvgIpc) is 2.72. The first-order valence-electron chi connectivity index (χ1n) is 10.2. The molecule has 5 nitrogen and oxygen atoms in total. The van der Waals surface area contributed by atoms with Gasteiger partial charge in [-0.1, -0.05) is 39.0 Å². The van der Waals surface area contributed by atoms with Crippen LogP contribution in [0.4, 0.5) is 13.2 Å². The fourth-order valence-corrected chi connectivity index (χ4v) is 4.85. The van der Waals surface area contributed by atoms with Crippen molar-refractivity contribution >= 4 is 0 Å². The summed E-state index contributed by atoms with van der Waals surface area (Å²) >= 11 is 0. The van der Waals surface area contributed by atoms with Crippen LogP contribution in [-0.2, 0) is 0 Å². The Bertz CT molecular complexity index is 1080. The van der Waals surface area contributed by atoms with E-state index in [2.05, 4.69) is 31.6 Å². The van der Waals surface area contributed by atoms with Crippen molar-refractivity contribution in [1.29, 1.82) is 15.8 Å². The Morgan fingerprint density at radius 1 is 1.06 bits per heavy atom. The fraction of sp³-hybridized carbons (Fsp3) is 0.458. The second kappa shape index (κ2) is 7.92. The Morgan fingerprint density at radius 3 is 2.12 bits per heavy atom. The monoisotopic (exact) mass is 440 g/mol. The normalized spacial score (nSPS) is 25.0. The average molecular weight is 440 g/mol. The summed E-state index contributed by atoms with van der Waals surface area (Å²) in [6, 6.07) is 11.3. The van der Waals surface area contributed by atoms with Crippen molar-refractivity contribution in [3.8, 4) is 24.0 Å². The number of hydrogen-bond donors (Lipinski definition) is 1. The highest BCUT2D eigenvalue weighted by Crippen LogP contribution is 2.58. The first-order valence-corrected chi connectivity index (χ1v) is 10.2. The molecule has 2 aliphatic rings. The van der Waals surface area contributed by atoms with Crippen molar-refractivity contribution in [2.75, 3.05) is 0 Å². The van der Waals surface area contributed by atoms with Crippen LogP contribution >= 0.6 is 0 Å². The summed E-state index contributed by atoms with van der Waals surface area (Å²) in [5, 5.41) is 30.0. The minimum atomic E-state index is -4.83. The molecule has 0 bridgehead atoms. The van der Waals surface area contributed by atoms with Gasteiger partial charge in [0.15, 0.2) is 5.41 Å². The Labute approximate surface area is 185 Å². The van der Waals surface area contributed by atoms with Crippen LogP contribution in [0.1, 0.15) is 45.1 Å². The van der Waals surface area contributed by atoms with Crippen LogP contribution in [0.5, 0.6) is 5.75 Å². The number of hydrogen-bond acceptors (Lipinski definition) is 5. The van der Waals surface area contributed by atoms with Crippen molar-refractivity contribution in [2.24, 2.45) is 28.4 Å². The highest BCUT2D eigenvalue weighted by atomic mass is 19.4. The summed E-state index contributed by atoms with van der Waals surface area (Å²) in [4.78, 5) is 0. The highest BCUT2D eigenvalue weighted by molar-refractivity contribution is 5.59. The molecule has 0 fully saturated rings. The third-order valence-corrected chi connectivity index (χ3v) is 6.57. The SMILES string of the molecule is CC(C)(C)[C@@H]1CC=C2C(C#N)=C(N)C(C#N)(C#N)[C@H](c3ccc(OC(F)(F)F)cc3)[C@@H]2C1. The van der Waals surface area contributed by atoms with Gasteiger partial charge in [0.25, 0.3) is 0 Å². The predicted octanol–water partition coefficient (Wildman–Crippen LogP) is 5.45. The second-order valence-corrected chi connectivity index (χ2v) is 9.33. The molecule has 0 radical (unpaired) electrons. The summed E-state index contributed by atoms with van der Waals surface area (Å²) in [7, 11) is 0. The molecule has 0 spiro atoms. The number of benzene rings is 1. The first kappa shape index (κ1) is 23.2. The number of rotatable bonds is 2. The Hall–Kier alpha value is -3.44. The van der Waals surface area contributed by atoms with Crippen molar-refractivity contribution in [1.82, 2.24) is 0 Å². The van der Waals surface area contributed by atoms with Gasteiger partial charge < -0.3 is 10.5 Å². The highest BCUT2D eigenvalue weighted by Gasteiger charge is 2.55. The van der Waals surface area contributed by atoms with Gasteiger partial charge in [-0.3, -0.25) is 0 Å². The van der Waals surface area contributed by atoms with Gasteiger partial charge in [0, 0.05) is 5.92 Å². The maximum atomic E-state index is 12.6. The molecule has 0 amide bonds. The molecule has 166 valence electrons. The lowest BCUT2D eigenvalue weighted by atomic mass is 9.54. The molecule has 0 aromatic heterocycles. The quantitative estimate of drug-likeness (QED) is 0.658. The molecule has 0 saturated carbocycles. The molecule has 1 aromatic rings. The summed E-state index contributed by atoms with van der Waals surface area (Å²) in [6.07, 6.45) is -1.53. The van der Waals surface area contributed by atoms with Crippen LogP contribution in [0, 0.1) is 56.7 Å². The largest absolute Gasteiger partial charge is 0.573 e. The maximum absolute atomic E-state index is 12.6. The molecule has 3 atom stereocenters. The zero-order valence-corrected chi connectivity index (χ0v) is 18.0. The lowest BCUT2D eigenvalue weighted by Crippen LogP contribution is -2.44. The predicted molar refractivity (Wildman–Crippen MR) is 110 cm³/mol. The summed E-state index contributed by atoms with van der Waals surface area (Å²) in [6.45, 7) is 6.32. The van der Waals surface area contributed by atoms with E-state index < -0.39 is 23.4 Å². The van der Waals surface area contributed by atoms with Crippen molar-refractivity contribution < 1.29 is 17.9 Å². The van der Waals surface area contributed by atoms with Gasteiger partial charge in [0.1, 0.15) is 11.8 Å². The van der Waals surface area contributed by atoms with Gasteiger partial charge in [0.05, 0.1) is 23.4 Å².